The van der Waals surface area contributed by atoms with Gasteiger partial charge in [-0.25, -0.2) is 0 Å². The molecule has 0 saturated carbocycles. The number of nitrogens with zero attached hydrogens (tertiary/aromatic N) is 2. The van der Waals surface area contributed by atoms with Crippen molar-refractivity contribution in [3.05, 3.63) is 53.3 Å². The zero-order valence-electron chi connectivity index (χ0n) is 14.4. The molecule has 2 atom stereocenters. The summed E-state index contributed by atoms with van der Waals surface area (Å²) >= 11 is 0. The van der Waals surface area contributed by atoms with E-state index in [9.17, 15) is 9.59 Å². The van der Waals surface area contributed by atoms with Crippen molar-refractivity contribution in [2.24, 2.45) is 0 Å². The SMILES string of the molecule is CCn1ncc(CNC(=O)C2OCC(=O)NC2c2ccccc2)c1C. The van der Waals surface area contributed by atoms with Gasteiger partial charge in [-0.3, -0.25) is 14.3 Å². The van der Waals surface area contributed by atoms with Gasteiger partial charge >= 0.3 is 0 Å². The van der Waals surface area contributed by atoms with Crippen molar-refractivity contribution in [3.8, 4) is 0 Å². The Morgan fingerprint density at radius 2 is 2.16 bits per heavy atom. The minimum absolute atomic E-state index is 0.117. The molecular formula is C18H22N4O3. The normalized spacial score (nSPS) is 20.2. The number of hydrogen-bond acceptors (Lipinski definition) is 4. The van der Waals surface area contributed by atoms with E-state index in [2.05, 4.69) is 15.7 Å². The van der Waals surface area contributed by atoms with Crippen LogP contribution in [0.3, 0.4) is 0 Å². The smallest absolute Gasteiger partial charge is 0.251 e. The molecule has 2 N–H and O–H groups in total. The predicted octanol–water partition coefficient (Wildman–Crippen LogP) is 1.08. The summed E-state index contributed by atoms with van der Waals surface area (Å²) in [5, 5.41) is 10.0. The van der Waals surface area contributed by atoms with Crippen LogP contribution in [0.1, 0.15) is 29.8 Å². The summed E-state index contributed by atoms with van der Waals surface area (Å²) in [6.45, 7) is 5.04. The highest BCUT2D eigenvalue weighted by Gasteiger charge is 2.35. The van der Waals surface area contributed by atoms with Gasteiger partial charge in [0.15, 0.2) is 6.10 Å². The third-order valence-corrected chi connectivity index (χ3v) is 4.39. The summed E-state index contributed by atoms with van der Waals surface area (Å²) in [7, 11) is 0. The summed E-state index contributed by atoms with van der Waals surface area (Å²) in [4.78, 5) is 24.3. The second-order valence-electron chi connectivity index (χ2n) is 5.98. The van der Waals surface area contributed by atoms with Crippen LogP contribution < -0.4 is 10.6 Å². The minimum Gasteiger partial charge on any atom is -0.356 e. The number of nitrogens with one attached hydrogen (secondary N) is 2. The monoisotopic (exact) mass is 342 g/mol. The Balaban J connectivity index is 1.70. The van der Waals surface area contributed by atoms with Crippen LogP contribution in [-0.4, -0.2) is 34.3 Å². The van der Waals surface area contributed by atoms with Gasteiger partial charge in [-0.1, -0.05) is 30.3 Å². The van der Waals surface area contributed by atoms with E-state index in [-0.39, 0.29) is 18.4 Å². The predicted molar refractivity (Wildman–Crippen MR) is 91.6 cm³/mol. The first kappa shape index (κ1) is 17.2. The number of aryl methyl sites for hydroxylation is 1. The van der Waals surface area contributed by atoms with Crippen molar-refractivity contribution < 1.29 is 14.3 Å². The fourth-order valence-corrected chi connectivity index (χ4v) is 2.96. The summed E-state index contributed by atoms with van der Waals surface area (Å²) in [6.07, 6.45) is 0.999. The Labute approximate surface area is 146 Å². The number of morpholine rings is 1. The molecule has 2 aromatic rings. The molecule has 1 aliphatic heterocycles. The van der Waals surface area contributed by atoms with Gasteiger partial charge in [0, 0.05) is 24.3 Å². The first-order valence-electron chi connectivity index (χ1n) is 8.35. The average Bonchev–Trinajstić information content (AvgIpc) is 3.00. The van der Waals surface area contributed by atoms with Crippen molar-refractivity contribution in [1.29, 1.82) is 0 Å². The molecule has 0 spiro atoms. The molecule has 3 rings (SSSR count). The molecule has 7 heteroatoms. The van der Waals surface area contributed by atoms with Crippen LogP contribution in [0.25, 0.3) is 0 Å². The van der Waals surface area contributed by atoms with E-state index < -0.39 is 12.1 Å². The molecule has 0 radical (unpaired) electrons. The summed E-state index contributed by atoms with van der Waals surface area (Å²) in [5.41, 5.74) is 2.83. The Kier molecular flexibility index (Phi) is 5.14. The van der Waals surface area contributed by atoms with Crippen LogP contribution in [-0.2, 0) is 27.4 Å². The molecule has 1 aliphatic rings. The van der Waals surface area contributed by atoms with Crippen LogP contribution in [0, 0.1) is 6.92 Å². The van der Waals surface area contributed by atoms with Gasteiger partial charge in [-0.2, -0.15) is 5.10 Å². The standard InChI is InChI=1S/C18H22N4O3/c1-3-22-12(2)14(10-20-22)9-19-18(24)17-16(21-15(23)11-25-17)13-7-5-4-6-8-13/h4-8,10,16-17H,3,9,11H2,1-2H3,(H,19,24)(H,21,23). The van der Waals surface area contributed by atoms with Crippen LogP contribution in [0.15, 0.2) is 36.5 Å². The molecule has 2 amide bonds. The number of benzene rings is 1. The minimum atomic E-state index is -0.762. The molecule has 132 valence electrons. The number of rotatable bonds is 5. The van der Waals surface area contributed by atoms with Crippen LogP contribution in [0.2, 0.25) is 0 Å². The second kappa shape index (κ2) is 7.48. The van der Waals surface area contributed by atoms with E-state index in [0.717, 1.165) is 23.4 Å². The quantitative estimate of drug-likeness (QED) is 0.852. The third-order valence-electron chi connectivity index (χ3n) is 4.39. The van der Waals surface area contributed by atoms with Gasteiger partial charge in [0.1, 0.15) is 6.61 Å². The molecule has 1 fully saturated rings. The number of ether oxygens (including phenoxy) is 1. The van der Waals surface area contributed by atoms with Crippen LogP contribution >= 0.6 is 0 Å². The van der Waals surface area contributed by atoms with Crippen molar-refractivity contribution in [3.63, 3.8) is 0 Å². The van der Waals surface area contributed by atoms with Gasteiger partial charge in [0.05, 0.1) is 12.2 Å². The average molecular weight is 342 g/mol. The largest absolute Gasteiger partial charge is 0.356 e. The van der Waals surface area contributed by atoms with Gasteiger partial charge in [0.2, 0.25) is 5.91 Å². The summed E-state index contributed by atoms with van der Waals surface area (Å²) in [5.74, 6) is -0.476. The van der Waals surface area contributed by atoms with Gasteiger partial charge < -0.3 is 15.4 Å². The highest BCUT2D eigenvalue weighted by Crippen LogP contribution is 2.22. The molecule has 2 heterocycles. The van der Waals surface area contributed by atoms with E-state index in [0.29, 0.717) is 6.54 Å². The van der Waals surface area contributed by atoms with Gasteiger partial charge in [-0.05, 0) is 19.4 Å². The van der Waals surface area contributed by atoms with Gasteiger partial charge in [0.25, 0.3) is 5.91 Å². The lowest BCUT2D eigenvalue weighted by molar-refractivity contribution is -0.148. The lowest BCUT2D eigenvalue weighted by Crippen LogP contribution is -2.52. The van der Waals surface area contributed by atoms with Crippen molar-refractivity contribution >= 4 is 11.8 Å². The molecular weight excluding hydrogens is 320 g/mol. The van der Waals surface area contributed by atoms with Crippen LogP contribution in [0.4, 0.5) is 0 Å². The molecule has 1 saturated heterocycles. The van der Waals surface area contributed by atoms with Crippen LogP contribution in [0.5, 0.6) is 0 Å². The Morgan fingerprint density at radius 1 is 1.40 bits per heavy atom. The second-order valence-corrected chi connectivity index (χ2v) is 5.98. The van der Waals surface area contributed by atoms with Crippen molar-refractivity contribution in [2.45, 2.75) is 39.1 Å². The van der Waals surface area contributed by atoms with E-state index in [1.165, 1.54) is 0 Å². The molecule has 25 heavy (non-hydrogen) atoms. The summed E-state index contributed by atoms with van der Waals surface area (Å²) < 4.78 is 7.40. The Hall–Kier alpha value is -2.67. The molecule has 1 aromatic carbocycles. The number of carbonyl (C=O) groups is 2. The number of hydrogen-bond donors (Lipinski definition) is 2. The van der Waals surface area contributed by atoms with E-state index in [1.807, 2.05) is 48.9 Å². The maximum Gasteiger partial charge on any atom is 0.251 e. The third kappa shape index (κ3) is 3.71. The molecule has 1 aromatic heterocycles. The highest BCUT2D eigenvalue weighted by atomic mass is 16.5. The Bertz CT molecular complexity index is 757. The van der Waals surface area contributed by atoms with Crippen molar-refractivity contribution in [1.82, 2.24) is 20.4 Å². The molecule has 2 unspecified atom stereocenters. The molecule has 0 bridgehead atoms. The first-order valence-corrected chi connectivity index (χ1v) is 8.35. The fraction of sp³-hybridized carbons (Fsp3) is 0.389. The Morgan fingerprint density at radius 3 is 2.84 bits per heavy atom. The number of carbonyl (C=O) groups excluding carboxylic acids is 2. The van der Waals surface area contributed by atoms with E-state index in [4.69, 9.17) is 4.74 Å². The maximum absolute atomic E-state index is 12.6. The highest BCUT2D eigenvalue weighted by molar-refractivity contribution is 5.86. The fourth-order valence-electron chi connectivity index (χ4n) is 2.96. The topological polar surface area (TPSA) is 85.2 Å². The van der Waals surface area contributed by atoms with E-state index in [1.54, 1.807) is 6.20 Å². The van der Waals surface area contributed by atoms with Gasteiger partial charge in [-0.15, -0.1) is 0 Å². The lowest BCUT2D eigenvalue weighted by Gasteiger charge is -2.31. The first-order chi connectivity index (χ1) is 12.1. The van der Waals surface area contributed by atoms with E-state index >= 15 is 0 Å². The zero-order valence-corrected chi connectivity index (χ0v) is 14.4. The zero-order chi connectivity index (χ0) is 17.8. The lowest BCUT2D eigenvalue weighted by atomic mass is 9.99. The summed E-state index contributed by atoms with van der Waals surface area (Å²) in [6, 6.07) is 8.87. The molecule has 0 aliphatic carbocycles. The number of aromatic nitrogens is 2. The van der Waals surface area contributed by atoms with Crippen molar-refractivity contribution in [2.75, 3.05) is 6.61 Å². The molecule has 7 nitrogen and oxygen atoms in total. The maximum atomic E-state index is 12.6. The number of amides is 2.